The minimum Gasteiger partial charge on any atom is -0.457 e. The molecule has 2 amide bonds. The number of thiocarbonyl (C=S) groups is 1. The zero-order valence-electron chi connectivity index (χ0n) is 18.0. The maximum Gasteiger partial charge on any atom is 0.273 e. The van der Waals surface area contributed by atoms with Crippen molar-refractivity contribution in [2.75, 3.05) is 4.90 Å². The minimum atomic E-state index is -0.629. The second-order valence-electron chi connectivity index (χ2n) is 7.71. The summed E-state index contributed by atoms with van der Waals surface area (Å²) in [5, 5.41) is 13.8. The van der Waals surface area contributed by atoms with Gasteiger partial charge < -0.3 is 4.42 Å². The van der Waals surface area contributed by atoms with Gasteiger partial charge in [-0.05, 0) is 68.4 Å². The Kier molecular flexibility index (Phi) is 5.65. The normalized spacial score (nSPS) is 15.2. The van der Waals surface area contributed by atoms with Gasteiger partial charge in [-0.25, -0.2) is 0 Å². The molecule has 0 radical (unpaired) electrons. The van der Waals surface area contributed by atoms with E-state index in [1.165, 1.54) is 17.0 Å². The van der Waals surface area contributed by atoms with Crippen LogP contribution in [0.15, 0.2) is 58.5 Å². The first-order valence-corrected chi connectivity index (χ1v) is 10.4. The molecule has 0 aliphatic carbocycles. The van der Waals surface area contributed by atoms with Gasteiger partial charge in [0.2, 0.25) is 0 Å². The van der Waals surface area contributed by atoms with Crippen LogP contribution in [0.2, 0.25) is 0 Å². The Morgan fingerprint density at radius 2 is 1.76 bits per heavy atom. The van der Waals surface area contributed by atoms with E-state index in [0.29, 0.717) is 22.6 Å². The van der Waals surface area contributed by atoms with Crippen molar-refractivity contribution in [3.05, 3.63) is 86.7 Å². The molecular weight excluding hydrogens is 442 g/mol. The fourth-order valence-electron chi connectivity index (χ4n) is 3.52. The number of nitrogens with one attached hydrogen (secondary N) is 1. The van der Waals surface area contributed by atoms with Crippen molar-refractivity contribution >= 4 is 46.6 Å². The maximum atomic E-state index is 13.2. The molecule has 2 aromatic carbocycles. The van der Waals surface area contributed by atoms with Gasteiger partial charge in [-0.2, -0.15) is 0 Å². The smallest absolute Gasteiger partial charge is 0.273 e. The summed E-state index contributed by atoms with van der Waals surface area (Å²) in [6, 6.07) is 13.6. The Labute approximate surface area is 194 Å². The van der Waals surface area contributed by atoms with Gasteiger partial charge in [0.05, 0.1) is 10.6 Å². The van der Waals surface area contributed by atoms with E-state index >= 15 is 0 Å². The fourth-order valence-corrected chi connectivity index (χ4v) is 3.80. The van der Waals surface area contributed by atoms with Crippen molar-refractivity contribution in [3.8, 4) is 11.3 Å². The summed E-state index contributed by atoms with van der Waals surface area (Å²) in [6.07, 6.45) is 1.34. The summed E-state index contributed by atoms with van der Waals surface area (Å²) in [5.74, 6) is -0.576. The number of amides is 2. The van der Waals surface area contributed by atoms with E-state index in [2.05, 4.69) is 5.32 Å². The van der Waals surface area contributed by atoms with Crippen LogP contribution in [-0.2, 0) is 9.59 Å². The molecule has 0 atom stereocenters. The van der Waals surface area contributed by atoms with Gasteiger partial charge in [0.25, 0.3) is 17.5 Å². The quantitative estimate of drug-likeness (QED) is 0.200. The average molecular weight is 461 g/mol. The third-order valence-electron chi connectivity index (χ3n) is 5.31. The standard InChI is InChI=1S/C24H19N3O5S/c1-13-4-5-14(2)19(10-13)26-23(29)18(22(28)25-24(26)33)12-17-8-9-21(32-17)16-7-6-15(3)20(11-16)27(30)31/h4-12H,1-3H3,(H,25,28,33)/b18-12+. The molecule has 166 valence electrons. The molecule has 0 unspecified atom stereocenters. The first-order chi connectivity index (χ1) is 15.7. The second kappa shape index (κ2) is 8.44. The predicted molar refractivity (Wildman–Crippen MR) is 128 cm³/mol. The Bertz CT molecular complexity index is 1370. The first-order valence-electron chi connectivity index (χ1n) is 9.99. The number of aryl methyl sites for hydroxylation is 3. The van der Waals surface area contributed by atoms with Crippen molar-refractivity contribution in [1.82, 2.24) is 5.32 Å². The Hall–Kier alpha value is -4.11. The molecular formula is C24H19N3O5S. The Balaban J connectivity index is 1.70. The van der Waals surface area contributed by atoms with E-state index in [1.54, 1.807) is 31.2 Å². The van der Waals surface area contributed by atoms with E-state index in [9.17, 15) is 19.7 Å². The van der Waals surface area contributed by atoms with Gasteiger partial charge in [-0.15, -0.1) is 0 Å². The van der Waals surface area contributed by atoms with Crippen LogP contribution in [0.5, 0.6) is 0 Å². The Morgan fingerprint density at radius 1 is 1.03 bits per heavy atom. The van der Waals surface area contributed by atoms with E-state index in [-0.39, 0.29) is 22.1 Å². The molecule has 9 heteroatoms. The Morgan fingerprint density at radius 3 is 2.48 bits per heavy atom. The monoisotopic (exact) mass is 461 g/mol. The third-order valence-corrected chi connectivity index (χ3v) is 5.60. The van der Waals surface area contributed by atoms with Crippen LogP contribution in [-0.4, -0.2) is 21.9 Å². The van der Waals surface area contributed by atoms with Gasteiger partial charge in [-0.3, -0.25) is 29.9 Å². The lowest BCUT2D eigenvalue weighted by Gasteiger charge is -2.30. The molecule has 1 aliphatic rings. The number of furan rings is 1. The number of nitro groups is 1. The van der Waals surface area contributed by atoms with E-state index in [1.807, 2.05) is 32.0 Å². The summed E-state index contributed by atoms with van der Waals surface area (Å²) in [5.41, 5.74) is 3.23. The molecule has 4 rings (SSSR count). The van der Waals surface area contributed by atoms with Gasteiger partial charge in [-0.1, -0.05) is 24.3 Å². The van der Waals surface area contributed by atoms with Crippen molar-refractivity contribution < 1.29 is 18.9 Å². The summed E-state index contributed by atoms with van der Waals surface area (Å²) < 4.78 is 5.77. The fraction of sp³-hybridized carbons (Fsp3) is 0.125. The van der Waals surface area contributed by atoms with Gasteiger partial charge in [0, 0.05) is 17.2 Å². The van der Waals surface area contributed by atoms with Crippen LogP contribution < -0.4 is 10.2 Å². The third kappa shape index (κ3) is 4.18. The molecule has 1 N–H and O–H groups in total. The number of hydrogen-bond acceptors (Lipinski definition) is 6. The number of rotatable bonds is 4. The molecule has 2 heterocycles. The topological polar surface area (TPSA) is 106 Å². The zero-order chi connectivity index (χ0) is 23.9. The largest absolute Gasteiger partial charge is 0.457 e. The lowest BCUT2D eigenvalue weighted by Crippen LogP contribution is -2.54. The minimum absolute atomic E-state index is 0.00273. The van der Waals surface area contributed by atoms with Crippen molar-refractivity contribution in [3.63, 3.8) is 0 Å². The van der Waals surface area contributed by atoms with Crippen molar-refractivity contribution in [2.45, 2.75) is 20.8 Å². The number of benzene rings is 2. The van der Waals surface area contributed by atoms with Crippen molar-refractivity contribution in [1.29, 1.82) is 0 Å². The average Bonchev–Trinajstić information content (AvgIpc) is 3.22. The van der Waals surface area contributed by atoms with Crippen LogP contribution in [0.3, 0.4) is 0 Å². The molecule has 1 saturated heterocycles. The van der Waals surface area contributed by atoms with E-state index < -0.39 is 16.7 Å². The molecule has 0 saturated carbocycles. The highest BCUT2D eigenvalue weighted by Crippen LogP contribution is 2.30. The number of carbonyl (C=O) groups excluding carboxylic acids is 2. The van der Waals surface area contributed by atoms with E-state index in [0.717, 1.165) is 11.1 Å². The molecule has 33 heavy (non-hydrogen) atoms. The molecule has 3 aromatic rings. The molecule has 0 bridgehead atoms. The molecule has 1 aromatic heterocycles. The van der Waals surface area contributed by atoms with Crippen LogP contribution in [0.4, 0.5) is 11.4 Å². The summed E-state index contributed by atoms with van der Waals surface area (Å²) in [4.78, 5) is 37.9. The highest BCUT2D eigenvalue weighted by atomic mass is 32.1. The van der Waals surface area contributed by atoms with Crippen LogP contribution in [0.25, 0.3) is 17.4 Å². The second-order valence-corrected chi connectivity index (χ2v) is 8.09. The maximum absolute atomic E-state index is 13.2. The van der Waals surface area contributed by atoms with Crippen LogP contribution >= 0.6 is 12.2 Å². The highest BCUT2D eigenvalue weighted by molar-refractivity contribution is 7.80. The lowest BCUT2D eigenvalue weighted by atomic mass is 10.1. The number of carbonyl (C=O) groups is 2. The highest BCUT2D eigenvalue weighted by Gasteiger charge is 2.35. The predicted octanol–water partition coefficient (Wildman–Crippen LogP) is 4.61. The number of nitrogens with zero attached hydrogens (tertiary/aromatic N) is 2. The van der Waals surface area contributed by atoms with Gasteiger partial charge >= 0.3 is 0 Å². The SMILES string of the molecule is Cc1ccc(C)c(N2C(=O)/C(=C/c3ccc(-c4ccc(C)c([N+](=O)[O-])c4)o3)C(=O)NC2=S)c1. The molecule has 0 spiro atoms. The lowest BCUT2D eigenvalue weighted by molar-refractivity contribution is -0.385. The molecule has 1 fully saturated rings. The number of hydrogen-bond donors (Lipinski definition) is 1. The summed E-state index contributed by atoms with van der Waals surface area (Å²) >= 11 is 5.26. The first kappa shape index (κ1) is 22.1. The molecule has 1 aliphatic heterocycles. The van der Waals surface area contributed by atoms with Gasteiger partial charge in [0.1, 0.15) is 17.1 Å². The number of nitro benzene ring substituents is 1. The zero-order valence-corrected chi connectivity index (χ0v) is 18.9. The summed E-state index contributed by atoms with van der Waals surface area (Å²) in [6.45, 7) is 5.40. The number of anilines is 1. The summed E-state index contributed by atoms with van der Waals surface area (Å²) in [7, 11) is 0. The van der Waals surface area contributed by atoms with Gasteiger partial charge in [0.15, 0.2) is 5.11 Å². The van der Waals surface area contributed by atoms with Crippen LogP contribution in [0.1, 0.15) is 22.5 Å². The van der Waals surface area contributed by atoms with Crippen LogP contribution in [0, 0.1) is 30.9 Å². The van der Waals surface area contributed by atoms with Crippen molar-refractivity contribution in [2.24, 2.45) is 0 Å². The van der Waals surface area contributed by atoms with E-state index in [4.69, 9.17) is 16.6 Å². The molecule has 8 nitrogen and oxygen atoms in total.